The van der Waals surface area contributed by atoms with Crippen LogP contribution >= 0.6 is 0 Å². The molecule has 0 saturated heterocycles. The smallest absolute Gasteiger partial charge is 0.101 e. The second-order valence-corrected chi connectivity index (χ2v) is 2.76. The van der Waals surface area contributed by atoms with Crippen molar-refractivity contribution in [2.24, 2.45) is 5.73 Å². The first kappa shape index (κ1) is 9.29. The lowest BCUT2D eigenvalue weighted by atomic mass is 10.2. The van der Waals surface area contributed by atoms with Gasteiger partial charge in [0, 0.05) is 12.2 Å². The van der Waals surface area contributed by atoms with E-state index in [1.165, 1.54) is 0 Å². The summed E-state index contributed by atoms with van der Waals surface area (Å²) < 4.78 is 10.3. The summed E-state index contributed by atoms with van der Waals surface area (Å²) in [4.78, 5) is 0. The van der Waals surface area contributed by atoms with E-state index >= 15 is 0 Å². The van der Waals surface area contributed by atoms with E-state index in [4.69, 9.17) is 14.9 Å². The molecule has 0 aliphatic heterocycles. The van der Waals surface area contributed by atoms with Crippen molar-refractivity contribution in [1.29, 1.82) is 0 Å². The zero-order valence-corrected chi connectivity index (χ0v) is 7.54. The van der Waals surface area contributed by atoms with Crippen LogP contribution in [0.2, 0.25) is 0 Å². The summed E-state index contributed by atoms with van der Waals surface area (Å²) in [6, 6.07) is 1.87. The van der Waals surface area contributed by atoms with Crippen molar-refractivity contribution < 1.29 is 9.15 Å². The summed E-state index contributed by atoms with van der Waals surface area (Å²) in [6.45, 7) is 5.10. The van der Waals surface area contributed by atoms with E-state index in [1.807, 2.05) is 19.9 Å². The molecule has 0 radical (unpaired) electrons. The molecule has 0 aliphatic rings. The average Bonchev–Trinajstić information content (AvgIpc) is 2.47. The SMILES string of the molecule is CCOCC(N)c1coc(C)c1. The zero-order chi connectivity index (χ0) is 8.97. The molecule has 68 valence electrons. The molecule has 2 N–H and O–H groups in total. The van der Waals surface area contributed by atoms with Gasteiger partial charge in [0.25, 0.3) is 0 Å². The molecule has 3 nitrogen and oxygen atoms in total. The maximum Gasteiger partial charge on any atom is 0.101 e. The van der Waals surface area contributed by atoms with Crippen molar-refractivity contribution in [1.82, 2.24) is 0 Å². The fourth-order valence-electron chi connectivity index (χ4n) is 0.999. The highest BCUT2D eigenvalue weighted by molar-refractivity contribution is 5.15. The van der Waals surface area contributed by atoms with Crippen molar-refractivity contribution in [2.45, 2.75) is 19.9 Å². The number of ether oxygens (including phenoxy) is 1. The average molecular weight is 169 g/mol. The number of hydrogen-bond donors (Lipinski definition) is 1. The highest BCUT2D eigenvalue weighted by Crippen LogP contribution is 2.13. The first-order valence-corrected chi connectivity index (χ1v) is 4.12. The van der Waals surface area contributed by atoms with Crippen LogP contribution in [-0.2, 0) is 4.74 Å². The van der Waals surface area contributed by atoms with Gasteiger partial charge in [0.2, 0.25) is 0 Å². The van der Waals surface area contributed by atoms with Gasteiger partial charge >= 0.3 is 0 Å². The largest absolute Gasteiger partial charge is 0.469 e. The second kappa shape index (κ2) is 4.28. The van der Waals surface area contributed by atoms with Crippen LogP contribution in [0, 0.1) is 6.92 Å². The zero-order valence-electron chi connectivity index (χ0n) is 7.54. The van der Waals surface area contributed by atoms with E-state index < -0.39 is 0 Å². The van der Waals surface area contributed by atoms with Crippen LogP contribution in [-0.4, -0.2) is 13.2 Å². The molecule has 12 heavy (non-hydrogen) atoms. The summed E-state index contributed by atoms with van der Waals surface area (Å²) in [5, 5.41) is 0. The van der Waals surface area contributed by atoms with Crippen molar-refractivity contribution in [3.05, 3.63) is 23.7 Å². The Labute approximate surface area is 72.5 Å². The van der Waals surface area contributed by atoms with Gasteiger partial charge in [-0.3, -0.25) is 0 Å². The Morgan fingerprint density at radius 3 is 2.92 bits per heavy atom. The van der Waals surface area contributed by atoms with Crippen LogP contribution in [0.4, 0.5) is 0 Å². The molecule has 1 rings (SSSR count). The number of aryl methyl sites for hydroxylation is 1. The number of rotatable bonds is 4. The second-order valence-electron chi connectivity index (χ2n) is 2.76. The van der Waals surface area contributed by atoms with Gasteiger partial charge in [0.1, 0.15) is 5.76 Å². The fraction of sp³-hybridized carbons (Fsp3) is 0.556. The number of nitrogens with two attached hydrogens (primary N) is 1. The van der Waals surface area contributed by atoms with Crippen LogP contribution in [0.3, 0.4) is 0 Å². The molecule has 0 aromatic carbocycles. The Morgan fingerprint density at radius 1 is 1.67 bits per heavy atom. The Hall–Kier alpha value is -0.800. The first-order chi connectivity index (χ1) is 5.74. The van der Waals surface area contributed by atoms with Crippen LogP contribution in [0.25, 0.3) is 0 Å². The molecule has 1 unspecified atom stereocenters. The topological polar surface area (TPSA) is 48.4 Å². The van der Waals surface area contributed by atoms with Crippen molar-refractivity contribution in [2.75, 3.05) is 13.2 Å². The van der Waals surface area contributed by atoms with E-state index in [9.17, 15) is 0 Å². The van der Waals surface area contributed by atoms with Crippen molar-refractivity contribution >= 4 is 0 Å². The quantitative estimate of drug-likeness (QED) is 0.745. The van der Waals surface area contributed by atoms with Gasteiger partial charge in [-0.2, -0.15) is 0 Å². The summed E-state index contributed by atoms with van der Waals surface area (Å²) >= 11 is 0. The van der Waals surface area contributed by atoms with E-state index in [-0.39, 0.29) is 6.04 Å². The normalized spacial score (nSPS) is 13.2. The third-order valence-corrected chi connectivity index (χ3v) is 1.68. The lowest BCUT2D eigenvalue weighted by molar-refractivity contribution is 0.133. The van der Waals surface area contributed by atoms with E-state index in [1.54, 1.807) is 6.26 Å². The molecule has 3 heteroatoms. The van der Waals surface area contributed by atoms with Gasteiger partial charge in [0.15, 0.2) is 0 Å². The summed E-state index contributed by atoms with van der Waals surface area (Å²) in [5.74, 6) is 0.886. The highest BCUT2D eigenvalue weighted by atomic mass is 16.5. The Morgan fingerprint density at radius 2 is 2.42 bits per heavy atom. The maximum atomic E-state index is 5.81. The van der Waals surface area contributed by atoms with Gasteiger partial charge < -0.3 is 14.9 Å². The lowest BCUT2D eigenvalue weighted by Gasteiger charge is -2.07. The van der Waals surface area contributed by atoms with Gasteiger partial charge in [-0.25, -0.2) is 0 Å². The third kappa shape index (κ3) is 2.36. The van der Waals surface area contributed by atoms with Gasteiger partial charge in [-0.05, 0) is 19.9 Å². The molecule has 0 amide bonds. The first-order valence-electron chi connectivity index (χ1n) is 4.12. The molecular weight excluding hydrogens is 154 g/mol. The monoisotopic (exact) mass is 169 g/mol. The maximum absolute atomic E-state index is 5.81. The molecular formula is C9H15NO2. The molecule has 1 heterocycles. The minimum atomic E-state index is -0.0672. The molecule has 1 aromatic heterocycles. The van der Waals surface area contributed by atoms with E-state index in [0.29, 0.717) is 13.2 Å². The third-order valence-electron chi connectivity index (χ3n) is 1.68. The molecule has 0 bridgehead atoms. The lowest BCUT2D eigenvalue weighted by Crippen LogP contribution is -2.16. The number of hydrogen-bond acceptors (Lipinski definition) is 3. The summed E-state index contributed by atoms with van der Waals surface area (Å²) in [7, 11) is 0. The van der Waals surface area contributed by atoms with Gasteiger partial charge in [-0.15, -0.1) is 0 Å². The predicted octanol–water partition coefficient (Wildman–Crippen LogP) is 1.62. The minimum absolute atomic E-state index is 0.0672. The summed E-state index contributed by atoms with van der Waals surface area (Å²) in [6.07, 6.45) is 1.68. The van der Waals surface area contributed by atoms with Crippen LogP contribution < -0.4 is 5.73 Å². The minimum Gasteiger partial charge on any atom is -0.469 e. The molecule has 0 aliphatic carbocycles. The highest BCUT2D eigenvalue weighted by Gasteiger charge is 2.07. The van der Waals surface area contributed by atoms with Gasteiger partial charge in [0.05, 0.1) is 18.9 Å². The van der Waals surface area contributed by atoms with E-state index in [2.05, 4.69) is 0 Å². The van der Waals surface area contributed by atoms with Crippen LogP contribution in [0.15, 0.2) is 16.7 Å². The van der Waals surface area contributed by atoms with Crippen molar-refractivity contribution in [3.63, 3.8) is 0 Å². The Kier molecular flexibility index (Phi) is 3.31. The van der Waals surface area contributed by atoms with Crippen LogP contribution in [0.5, 0.6) is 0 Å². The standard InChI is InChI=1S/C9H15NO2/c1-3-11-6-9(10)8-4-7(2)12-5-8/h4-5,9H,3,6,10H2,1-2H3. The molecule has 0 fully saturated rings. The van der Waals surface area contributed by atoms with Gasteiger partial charge in [-0.1, -0.05) is 0 Å². The molecule has 1 atom stereocenters. The summed E-state index contributed by atoms with van der Waals surface area (Å²) in [5.41, 5.74) is 6.81. The number of furan rings is 1. The predicted molar refractivity (Wildman–Crippen MR) is 46.9 cm³/mol. The molecule has 0 saturated carbocycles. The molecule has 0 spiro atoms. The van der Waals surface area contributed by atoms with E-state index in [0.717, 1.165) is 11.3 Å². The molecule has 1 aromatic rings. The Bertz CT molecular complexity index is 232. The van der Waals surface area contributed by atoms with Crippen molar-refractivity contribution in [3.8, 4) is 0 Å². The fourth-order valence-corrected chi connectivity index (χ4v) is 0.999. The van der Waals surface area contributed by atoms with Crippen LogP contribution in [0.1, 0.15) is 24.3 Å². The Balaban J connectivity index is 2.47.